The largest absolute Gasteiger partial charge is 0.335 e. The van der Waals surface area contributed by atoms with E-state index >= 15 is 0 Å². The molecule has 0 unspecified atom stereocenters. The summed E-state index contributed by atoms with van der Waals surface area (Å²) >= 11 is 3.22. The molecular weight excluding hydrogens is 455 g/mol. The molecule has 0 saturated heterocycles. The van der Waals surface area contributed by atoms with Gasteiger partial charge in [0.05, 0.1) is 5.75 Å². The first-order chi connectivity index (χ1) is 16.2. The molecule has 0 N–H and O–H groups in total. The molecule has 1 aromatic carbocycles. The zero-order chi connectivity index (χ0) is 22.6. The molecule has 8 heteroatoms. The van der Waals surface area contributed by atoms with Gasteiger partial charge in [-0.3, -0.25) is 4.79 Å². The zero-order valence-corrected chi connectivity index (χ0v) is 20.3. The van der Waals surface area contributed by atoms with Crippen LogP contribution < -0.4 is 0 Å². The topological polar surface area (TPSA) is 51.0 Å². The van der Waals surface area contributed by atoms with Gasteiger partial charge in [0.2, 0.25) is 5.91 Å². The fraction of sp³-hybridized carbons (Fsp3) is 0.480. The molecule has 1 amide bonds. The van der Waals surface area contributed by atoms with Gasteiger partial charge in [-0.2, -0.15) is 0 Å². The smallest absolute Gasteiger partial charge is 0.233 e. The van der Waals surface area contributed by atoms with Crippen molar-refractivity contribution in [3.63, 3.8) is 0 Å². The number of rotatable bonds is 9. The standard InChI is InChI=1S/C25H29FN4OS2/c26-22-11-5-4-7-18(22)16-29(19-12-13-19)24(31)17-33-25-28-27-23(15-21-10-6-14-32-21)30(25)20-8-2-1-3-9-20/h4-7,10-11,14,19-20H,1-3,8-9,12-13,15-17H2. The van der Waals surface area contributed by atoms with Crippen molar-refractivity contribution >= 4 is 29.0 Å². The molecule has 2 saturated carbocycles. The molecule has 0 spiro atoms. The van der Waals surface area contributed by atoms with Crippen LogP contribution in [0.25, 0.3) is 0 Å². The van der Waals surface area contributed by atoms with Crippen LogP contribution in [0.5, 0.6) is 0 Å². The van der Waals surface area contributed by atoms with E-state index < -0.39 is 0 Å². The Morgan fingerprint density at radius 1 is 1.09 bits per heavy atom. The lowest BCUT2D eigenvalue weighted by Gasteiger charge is -2.26. The van der Waals surface area contributed by atoms with E-state index in [1.807, 2.05) is 11.0 Å². The number of thiophene rings is 1. The first-order valence-electron chi connectivity index (χ1n) is 11.8. The molecule has 2 aliphatic carbocycles. The zero-order valence-electron chi connectivity index (χ0n) is 18.7. The van der Waals surface area contributed by atoms with Crippen molar-refractivity contribution in [3.8, 4) is 0 Å². The number of hydrogen-bond donors (Lipinski definition) is 0. The van der Waals surface area contributed by atoms with Crippen LogP contribution in [0.15, 0.2) is 46.9 Å². The molecule has 2 aromatic heterocycles. The van der Waals surface area contributed by atoms with E-state index in [0.29, 0.717) is 23.9 Å². The van der Waals surface area contributed by atoms with Crippen molar-refractivity contribution in [2.24, 2.45) is 0 Å². The lowest BCUT2D eigenvalue weighted by molar-refractivity contribution is -0.129. The molecule has 3 aromatic rings. The Hall–Kier alpha value is -2.19. The van der Waals surface area contributed by atoms with Crippen molar-refractivity contribution in [1.29, 1.82) is 0 Å². The third-order valence-corrected chi connectivity index (χ3v) is 8.32. The van der Waals surface area contributed by atoms with Crippen LogP contribution in [0.2, 0.25) is 0 Å². The van der Waals surface area contributed by atoms with Crippen molar-refractivity contribution in [1.82, 2.24) is 19.7 Å². The maximum atomic E-state index is 14.2. The highest BCUT2D eigenvalue weighted by Gasteiger charge is 2.33. The number of thioether (sulfide) groups is 1. The molecule has 174 valence electrons. The van der Waals surface area contributed by atoms with Gasteiger partial charge < -0.3 is 9.47 Å². The Bertz CT molecular complexity index is 1070. The van der Waals surface area contributed by atoms with Crippen LogP contribution in [0, 0.1) is 5.82 Å². The van der Waals surface area contributed by atoms with Crippen molar-refractivity contribution in [3.05, 3.63) is 63.9 Å². The fourth-order valence-electron chi connectivity index (χ4n) is 4.63. The molecule has 0 radical (unpaired) electrons. The minimum atomic E-state index is -0.251. The highest BCUT2D eigenvalue weighted by atomic mass is 32.2. The monoisotopic (exact) mass is 484 g/mol. The van der Waals surface area contributed by atoms with Gasteiger partial charge in [0, 0.05) is 35.5 Å². The third kappa shape index (κ3) is 5.49. The summed E-state index contributed by atoms with van der Waals surface area (Å²) < 4.78 is 16.5. The van der Waals surface area contributed by atoms with Crippen LogP contribution in [-0.4, -0.2) is 37.4 Å². The van der Waals surface area contributed by atoms with Gasteiger partial charge in [-0.1, -0.05) is 55.3 Å². The summed E-state index contributed by atoms with van der Waals surface area (Å²) in [6.07, 6.45) is 8.77. The number of benzene rings is 1. The Balaban J connectivity index is 1.31. The summed E-state index contributed by atoms with van der Waals surface area (Å²) in [4.78, 5) is 16.3. The van der Waals surface area contributed by atoms with E-state index in [0.717, 1.165) is 43.1 Å². The van der Waals surface area contributed by atoms with E-state index in [-0.39, 0.29) is 17.8 Å². The van der Waals surface area contributed by atoms with Gasteiger partial charge in [0.15, 0.2) is 5.16 Å². The van der Waals surface area contributed by atoms with Gasteiger partial charge in [-0.15, -0.1) is 21.5 Å². The van der Waals surface area contributed by atoms with Gasteiger partial charge in [-0.25, -0.2) is 4.39 Å². The van der Waals surface area contributed by atoms with Gasteiger partial charge in [-0.05, 0) is 43.2 Å². The van der Waals surface area contributed by atoms with E-state index in [2.05, 4.69) is 32.3 Å². The normalized spacial score (nSPS) is 16.8. The van der Waals surface area contributed by atoms with Gasteiger partial charge in [0.25, 0.3) is 0 Å². The van der Waals surface area contributed by atoms with Gasteiger partial charge >= 0.3 is 0 Å². The maximum absolute atomic E-state index is 14.2. The minimum absolute atomic E-state index is 0.0451. The Kier molecular flexibility index (Phi) is 7.11. The molecule has 2 aliphatic rings. The third-order valence-electron chi connectivity index (χ3n) is 6.52. The molecule has 5 rings (SSSR count). The average Bonchev–Trinajstić information content (AvgIpc) is 3.39. The summed E-state index contributed by atoms with van der Waals surface area (Å²) in [5, 5.41) is 12.0. The van der Waals surface area contributed by atoms with Crippen molar-refractivity contribution in [2.75, 3.05) is 5.75 Å². The quantitative estimate of drug-likeness (QED) is 0.357. The molecule has 0 atom stereocenters. The number of carbonyl (C=O) groups is 1. The second-order valence-corrected chi connectivity index (χ2v) is 10.9. The lowest BCUT2D eigenvalue weighted by Crippen LogP contribution is -2.34. The molecular formula is C25H29FN4OS2. The summed E-state index contributed by atoms with van der Waals surface area (Å²) in [6.45, 7) is 0.329. The van der Waals surface area contributed by atoms with Crippen LogP contribution in [0.4, 0.5) is 4.39 Å². The second kappa shape index (κ2) is 10.4. The van der Waals surface area contributed by atoms with Gasteiger partial charge in [0.1, 0.15) is 11.6 Å². The average molecular weight is 485 g/mol. The molecule has 33 heavy (non-hydrogen) atoms. The lowest BCUT2D eigenvalue weighted by atomic mass is 9.95. The number of carbonyl (C=O) groups excluding carboxylic acids is 1. The number of hydrogen-bond acceptors (Lipinski definition) is 5. The number of nitrogens with zero attached hydrogens (tertiary/aromatic N) is 4. The summed E-state index contributed by atoms with van der Waals surface area (Å²) in [7, 11) is 0. The van der Waals surface area contributed by atoms with E-state index in [9.17, 15) is 9.18 Å². The summed E-state index contributed by atoms with van der Waals surface area (Å²) in [5.41, 5.74) is 0.575. The van der Waals surface area contributed by atoms with E-state index in [1.54, 1.807) is 23.5 Å². The fourth-order valence-corrected chi connectivity index (χ4v) is 6.24. The van der Waals surface area contributed by atoms with Crippen molar-refractivity contribution in [2.45, 2.75) is 75.2 Å². The minimum Gasteiger partial charge on any atom is -0.335 e. The predicted octanol–water partition coefficient (Wildman–Crippen LogP) is 5.86. The molecule has 2 heterocycles. The maximum Gasteiger partial charge on any atom is 0.233 e. The van der Waals surface area contributed by atoms with Crippen LogP contribution in [-0.2, 0) is 17.8 Å². The number of halogens is 1. The molecule has 0 aliphatic heterocycles. The highest BCUT2D eigenvalue weighted by molar-refractivity contribution is 7.99. The Morgan fingerprint density at radius 2 is 1.91 bits per heavy atom. The first-order valence-corrected chi connectivity index (χ1v) is 13.7. The summed E-state index contributed by atoms with van der Waals surface area (Å²) in [6, 6.07) is 11.6. The Morgan fingerprint density at radius 3 is 2.64 bits per heavy atom. The highest BCUT2D eigenvalue weighted by Crippen LogP contribution is 2.34. The first kappa shape index (κ1) is 22.6. The van der Waals surface area contributed by atoms with Crippen LogP contribution >= 0.6 is 23.1 Å². The molecule has 2 fully saturated rings. The number of aromatic nitrogens is 3. The van der Waals surface area contributed by atoms with E-state index in [4.69, 9.17) is 0 Å². The van der Waals surface area contributed by atoms with Crippen molar-refractivity contribution < 1.29 is 9.18 Å². The number of amides is 1. The summed E-state index contributed by atoms with van der Waals surface area (Å²) in [5.74, 6) is 1.08. The SMILES string of the molecule is O=C(CSc1nnc(Cc2cccs2)n1C1CCCCC1)N(Cc1ccccc1F)C1CC1. The Labute approximate surface area is 202 Å². The van der Waals surface area contributed by atoms with Crippen LogP contribution in [0.3, 0.4) is 0 Å². The molecule has 0 bridgehead atoms. The van der Waals surface area contributed by atoms with Crippen LogP contribution in [0.1, 0.15) is 67.3 Å². The molecule has 5 nitrogen and oxygen atoms in total. The van der Waals surface area contributed by atoms with E-state index in [1.165, 1.54) is 42.0 Å². The second-order valence-electron chi connectivity index (χ2n) is 8.95. The predicted molar refractivity (Wildman–Crippen MR) is 130 cm³/mol.